The van der Waals surface area contributed by atoms with E-state index in [1.54, 1.807) is 6.20 Å². The van der Waals surface area contributed by atoms with Crippen LogP contribution in [0.5, 0.6) is 0 Å². The number of halogens is 1. The van der Waals surface area contributed by atoms with Crippen molar-refractivity contribution in [2.75, 3.05) is 0 Å². The van der Waals surface area contributed by atoms with Crippen molar-refractivity contribution < 1.29 is 4.79 Å². The Kier molecular flexibility index (Phi) is 6.42. The molecule has 0 unspecified atom stereocenters. The minimum absolute atomic E-state index is 0.0651. The summed E-state index contributed by atoms with van der Waals surface area (Å²) in [4.78, 5) is 26.0. The molecule has 170 valence electrons. The van der Waals surface area contributed by atoms with E-state index in [1.807, 2.05) is 38.1 Å². The summed E-state index contributed by atoms with van der Waals surface area (Å²) < 4.78 is 3.39. The molecule has 0 radical (unpaired) electrons. The van der Waals surface area contributed by atoms with Gasteiger partial charge in [0.05, 0.1) is 11.6 Å². The van der Waals surface area contributed by atoms with Gasteiger partial charge in [0.1, 0.15) is 6.54 Å². The van der Waals surface area contributed by atoms with E-state index in [4.69, 9.17) is 11.6 Å². The number of hydrogen-bond acceptors (Lipinski definition) is 3. The largest absolute Gasteiger partial charge is 0.351 e. The zero-order valence-electron chi connectivity index (χ0n) is 19.2. The number of aryl methyl sites for hydroxylation is 2. The summed E-state index contributed by atoms with van der Waals surface area (Å²) >= 11 is 6.14. The molecule has 0 saturated heterocycles. The SMILES string of the molecule is Cc1c2cnn(CC(=O)N[C@@H]3CCC[C@H](C)[C@H]3C)c(=O)c2c(C)n1Cc1cccc(Cl)c1. The van der Waals surface area contributed by atoms with E-state index >= 15 is 0 Å². The minimum Gasteiger partial charge on any atom is -0.351 e. The molecule has 2 heterocycles. The van der Waals surface area contributed by atoms with Crippen LogP contribution in [0.3, 0.4) is 0 Å². The smallest absolute Gasteiger partial charge is 0.276 e. The fourth-order valence-corrected chi connectivity index (χ4v) is 5.20. The highest BCUT2D eigenvalue weighted by Crippen LogP contribution is 2.29. The third-order valence-corrected chi connectivity index (χ3v) is 7.42. The maximum atomic E-state index is 13.3. The first-order chi connectivity index (χ1) is 15.3. The molecule has 0 spiro atoms. The zero-order chi connectivity index (χ0) is 23.0. The summed E-state index contributed by atoms with van der Waals surface area (Å²) in [6.07, 6.45) is 5.02. The Labute approximate surface area is 193 Å². The van der Waals surface area contributed by atoms with Crippen molar-refractivity contribution in [3.63, 3.8) is 0 Å². The van der Waals surface area contributed by atoms with Gasteiger partial charge in [-0.25, -0.2) is 4.68 Å². The summed E-state index contributed by atoms with van der Waals surface area (Å²) in [6, 6.07) is 7.88. The van der Waals surface area contributed by atoms with Gasteiger partial charge in [-0.15, -0.1) is 0 Å². The van der Waals surface area contributed by atoms with Gasteiger partial charge in [0.2, 0.25) is 5.91 Å². The number of carbonyl (C=O) groups excluding carboxylic acids is 1. The van der Waals surface area contributed by atoms with Crippen molar-refractivity contribution in [2.45, 2.75) is 66.1 Å². The highest BCUT2D eigenvalue weighted by atomic mass is 35.5. The van der Waals surface area contributed by atoms with Crippen LogP contribution in [0, 0.1) is 25.7 Å². The molecule has 32 heavy (non-hydrogen) atoms. The average Bonchev–Trinajstić information content (AvgIpc) is 2.98. The Balaban J connectivity index is 1.59. The molecule has 2 aromatic heterocycles. The van der Waals surface area contributed by atoms with E-state index in [0.29, 0.717) is 28.8 Å². The summed E-state index contributed by atoms with van der Waals surface area (Å²) in [5.41, 5.74) is 2.68. The van der Waals surface area contributed by atoms with E-state index in [-0.39, 0.29) is 24.1 Å². The van der Waals surface area contributed by atoms with Crippen molar-refractivity contribution >= 4 is 28.3 Å². The van der Waals surface area contributed by atoms with Crippen LogP contribution in [0.25, 0.3) is 10.8 Å². The van der Waals surface area contributed by atoms with Crippen LogP contribution in [0.2, 0.25) is 5.02 Å². The summed E-state index contributed by atoms with van der Waals surface area (Å²) in [5.74, 6) is 0.874. The molecule has 1 aliphatic rings. The lowest BCUT2D eigenvalue weighted by molar-refractivity contribution is -0.123. The Morgan fingerprint density at radius 3 is 2.75 bits per heavy atom. The van der Waals surface area contributed by atoms with Gasteiger partial charge in [0, 0.05) is 34.4 Å². The second-order valence-electron chi connectivity index (χ2n) is 9.22. The third kappa shape index (κ3) is 4.33. The first-order valence-electron chi connectivity index (χ1n) is 11.4. The molecule has 0 aliphatic heterocycles. The molecule has 0 bridgehead atoms. The second kappa shape index (κ2) is 9.10. The first-order valence-corrected chi connectivity index (χ1v) is 11.7. The van der Waals surface area contributed by atoms with Crippen molar-refractivity contribution in [3.8, 4) is 0 Å². The van der Waals surface area contributed by atoms with Gasteiger partial charge in [-0.3, -0.25) is 9.59 Å². The van der Waals surface area contributed by atoms with E-state index < -0.39 is 0 Å². The first kappa shape index (κ1) is 22.6. The molecule has 3 aromatic rings. The molecule has 1 aliphatic carbocycles. The van der Waals surface area contributed by atoms with Crippen LogP contribution in [0.4, 0.5) is 0 Å². The van der Waals surface area contributed by atoms with Crippen LogP contribution in [-0.4, -0.2) is 26.3 Å². The van der Waals surface area contributed by atoms with E-state index in [1.165, 1.54) is 11.1 Å². The molecular weight excluding hydrogens is 424 g/mol. The summed E-state index contributed by atoms with van der Waals surface area (Å²) in [5, 5.41) is 9.58. The summed E-state index contributed by atoms with van der Waals surface area (Å²) in [7, 11) is 0. The number of amides is 1. The molecule has 1 aromatic carbocycles. The molecule has 3 atom stereocenters. The Bertz CT molecular complexity index is 1210. The normalized spacial score (nSPS) is 21.1. The number of rotatable bonds is 5. The summed E-state index contributed by atoms with van der Waals surface area (Å²) in [6.45, 7) is 8.91. The quantitative estimate of drug-likeness (QED) is 0.618. The van der Waals surface area contributed by atoms with Crippen molar-refractivity contribution in [1.29, 1.82) is 0 Å². The van der Waals surface area contributed by atoms with Crippen molar-refractivity contribution in [3.05, 3.63) is 62.8 Å². The van der Waals surface area contributed by atoms with E-state index in [2.05, 4.69) is 28.8 Å². The van der Waals surface area contributed by atoms with Crippen molar-refractivity contribution in [2.24, 2.45) is 11.8 Å². The van der Waals surface area contributed by atoms with Gasteiger partial charge in [-0.1, -0.05) is 50.4 Å². The maximum absolute atomic E-state index is 13.3. The Morgan fingerprint density at radius 2 is 2.00 bits per heavy atom. The molecule has 4 rings (SSSR count). The van der Waals surface area contributed by atoms with Gasteiger partial charge in [0.15, 0.2) is 0 Å². The van der Waals surface area contributed by atoms with Crippen molar-refractivity contribution in [1.82, 2.24) is 19.7 Å². The number of nitrogens with zero attached hydrogens (tertiary/aromatic N) is 3. The molecule has 6 nitrogen and oxygen atoms in total. The second-order valence-corrected chi connectivity index (χ2v) is 9.66. The lowest BCUT2D eigenvalue weighted by Crippen LogP contribution is -2.45. The van der Waals surface area contributed by atoms with Crippen LogP contribution in [-0.2, 0) is 17.9 Å². The number of fused-ring (bicyclic) bond motifs is 1. The highest BCUT2D eigenvalue weighted by molar-refractivity contribution is 6.30. The van der Waals surface area contributed by atoms with Gasteiger partial charge >= 0.3 is 0 Å². The van der Waals surface area contributed by atoms with Gasteiger partial charge in [0.25, 0.3) is 5.56 Å². The number of hydrogen-bond donors (Lipinski definition) is 1. The topological polar surface area (TPSA) is 68.9 Å². The molecular formula is C25H31ClN4O2. The standard InChI is InChI=1S/C25H31ClN4O2/c1-15-7-5-10-22(16(15)2)28-23(31)14-30-25(32)24-18(4)29(17(3)21(24)12-27-30)13-19-8-6-9-20(26)11-19/h6,8-9,11-12,15-16,22H,5,7,10,13-14H2,1-4H3,(H,28,31)/t15-,16+,22+/m0/s1. The van der Waals surface area contributed by atoms with E-state index in [9.17, 15) is 9.59 Å². The molecule has 1 N–H and O–H groups in total. The number of nitrogens with one attached hydrogen (secondary N) is 1. The van der Waals surface area contributed by atoms with Gasteiger partial charge < -0.3 is 9.88 Å². The fourth-order valence-electron chi connectivity index (χ4n) is 4.99. The minimum atomic E-state index is -0.229. The molecule has 1 saturated carbocycles. The lowest BCUT2D eigenvalue weighted by Gasteiger charge is -2.34. The predicted octanol–water partition coefficient (Wildman–Crippen LogP) is 4.46. The molecule has 1 amide bonds. The lowest BCUT2D eigenvalue weighted by atomic mass is 9.78. The average molecular weight is 455 g/mol. The maximum Gasteiger partial charge on any atom is 0.276 e. The fraction of sp³-hybridized carbons (Fsp3) is 0.480. The number of benzene rings is 1. The van der Waals surface area contributed by atoms with Gasteiger partial charge in [-0.05, 0) is 49.8 Å². The van der Waals surface area contributed by atoms with Crippen LogP contribution >= 0.6 is 11.6 Å². The monoisotopic (exact) mass is 454 g/mol. The Hall–Kier alpha value is -2.60. The third-order valence-electron chi connectivity index (χ3n) is 7.18. The van der Waals surface area contributed by atoms with Gasteiger partial charge in [-0.2, -0.15) is 5.10 Å². The Morgan fingerprint density at radius 1 is 1.22 bits per heavy atom. The predicted molar refractivity (Wildman–Crippen MR) is 128 cm³/mol. The van der Waals surface area contributed by atoms with Crippen LogP contribution < -0.4 is 10.9 Å². The molecule has 1 fully saturated rings. The zero-order valence-corrected chi connectivity index (χ0v) is 19.9. The van der Waals surface area contributed by atoms with E-state index in [0.717, 1.165) is 35.2 Å². The molecule has 7 heteroatoms. The van der Waals surface area contributed by atoms with Crippen LogP contribution in [0.1, 0.15) is 50.1 Å². The number of aromatic nitrogens is 3. The van der Waals surface area contributed by atoms with Crippen LogP contribution in [0.15, 0.2) is 35.3 Å². The highest BCUT2D eigenvalue weighted by Gasteiger charge is 2.28. The number of carbonyl (C=O) groups is 1.